The summed E-state index contributed by atoms with van der Waals surface area (Å²) in [5, 5.41) is 0. The van der Waals surface area contributed by atoms with Crippen molar-refractivity contribution in [1.29, 1.82) is 0 Å². The number of hydrogen-bond acceptors (Lipinski definition) is 5. The van der Waals surface area contributed by atoms with Gasteiger partial charge in [0.25, 0.3) is 0 Å². The monoisotopic (exact) mass is 426 g/mol. The molecule has 0 bridgehead atoms. The topological polar surface area (TPSA) is 25.8 Å². The molecule has 0 amide bonds. The Morgan fingerprint density at radius 3 is 1.91 bits per heavy atom. The van der Waals surface area contributed by atoms with Crippen LogP contribution in [0.2, 0.25) is 0 Å². The van der Waals surface area contributed by atoms with Crippen LogP contribution < -0.4 is 4.78 Å². The van der Waals surface area contributed by atoms with Gasteiger partial charge in [0.2, 0.25) is 0 Å². The summed E-state index contributed by atoms with van der Waals surface area (Å²) in [5.41, 5.74) is 1.20. The predicted molar refractivity (Wildman–Crippen MR) is 99.8 cm³/mol. The number of aromatic nitrogens is 2. The molecule has 0 aliphatic heterocycles. The van der Waals surface area contributed by atoms with Crippen LogP contribution in [0.1, 0.15) is 0 Å². The maximum atomic E-state index is 14.8. The molecule has 9 heteroatoms. The molecule has 0 aliphatic rings. The van der Waals surface area contributed by atoms with Crippen LogP contribution >= 0.6 is 50.3 Å². The molecule has 0 atom stereocenters. The van der Waals surface area contributed by atoms with Gasteiger partial charge in [0.15, 0.2) is 19.5 Å². The van der Waals surface area contributed by atoms with Crippen LogP contribution in [0, 0.1) is 11.6 Å². The number of halogens is 3. The van der Waals surface area contributed by atoms with E-state index in [-0.39, 0.29) is 11.1 Å². The maximum absolute atomic E-state index is 14.8. The third-order valence-electron chi connectivity index (χ3n) is 3.40. The fourth-order valence-corrected chi connectivity index (χ4v) is 5.30. The Morgan fingerprint density at radius 2 is 1.43 bits per heavy atom. The van der Waals surface area contributed by atoms with Gasteiger partial charge < -0.3 is 0 Å². The minimum atomic E-state index is -0.874. The largest absolute Gasteiger partial charge is 0.203 e. The zero-order valence-corrected chi connectivity index (χ0v) is 15.6. The summed E-state index contributed by atoms with van der Waals surface area (Å²) in [6.45, 7) is 0. The van der Waals surface area contributed by atoms with Gasteiger partial charge in [-0.2, -0.15) is 20.1 Å². The Balaban J connectivity index is 2.09. The smallest absolute Gasteiger partial charge is 0.170 e. The SMILES string of the molecule is Bc1ccc(-c2c(F)c(F)c(-c3ccc(Br)s3)c3nsnc23)s1. The van der Waals surface area contributed by atoms with E-state index in [0.717, 1.165) is 20.3 Å². The van der Waals surface area contributed by atoms with E-state index < -0.39 is 11.6 Å². The lowest BCUT2D eigenvalue weighted by atomic mass is 10.0. The highest BCUT2D eigenvalue weighted by molar-refractivity contribution is 9.11. The Bertz CT molecular complexity index is 960. The fraction of sp³-hybridized carbons (Fsp3) is 0. The van der Waals surface area contributed by atoms with Gasteiger partial charge in [-0.05, 0) is 38.9 Å². The molecule has 1 aromatic carbocycles. The standard InChI is InChI=1S/C14H6BBrF2N2S3/c15-7-3-1-5(21-7)9-11(17)12(18)10(6-2-4-8(16)22-6)14-13(9)19-23-20-14/h1-4H,15H2. The molecule has 0 spiro atoms. The van der Waals surface area contributed by atoms with Gasteiger partial charge in [0, 0.05) is 9.75 Å². The van der Waals surface area contributed by atoms with Crippen molar-refractivity contribution in [3.05, 3.63) is 39.7 Å². The molecule has 3 heterocycles. The highest BCUT2D eigenvalue weighted by Gasteiger charge is 2.26. The maximum Gasteiger partial charge on any atom is 0.170 e. The number of fused-ring (bicyclic) bond motifs is 1. The minimum absolute atomic E-state index is 0.180. The first-order valence-electron chi connectivity index (χ1n) is 6.52. The van der Waals surface area contributed by atoms with Crippen molar-refractivity contribution in [1.82, 2.24) is 8.75 Å². The number of benzene rings is 1. The summed E-state index contributed by atoms with van der Waals surface area (Å²) in [4.78, 5) is 1.29. The van der Waals surface area contributed by atoms with Crippen molar-refractivity contribution >= 4 is 74.0 Å². The Hall–Kier alpha value is -1.16. The molecule has 0 aliphatic carbocycles. The van der Waals surface area contributed by atoms with Gasteiger partial charge in [0.05, 0.1) is 26.6 Å². The molecule has 0 fully saturated rings. The van der Waals surface area contributed by atoms with Gasteiger partial charge >= 0.3 is 0 Å². The van der Waals surface area contributed by atoms with Crippen molar-refractivity contribution in [2.24, 2.45) is 0 Å². The highest BCUT2D eigenvalue weighted by Crippen LogP contribution is 2.42. The molecule has 23 heavy (non-hydrogen) atoms. The van der Waals surface area contributed by atoms with Crippen molar-refractivity contribution in [2.75, 3.05) is 0 Å². The molecule has 4 aromatic rings. The molecule has 0 N–H and O–H groups in total. The minimum Gasteiger partial charge on any atom is -0.203 e. The molecule has 0 saturated heterocycles. The van der Waals surface area contributed by atoms with E-state index in [0.29, 0.717) is 20.8 Å². The summed E-state index contributed by atoms with van der Waals surface area (Å²) in [5.74, 6) is -1.74. The Kier molecular flexibility index (Phi) is 3.83. The van der Waals surface area contributed by atoms with Crippen LogP contribution in [0.5, 0.6) is 0 Å². The van der Waals surface area contributed by atoms with E-state index in [2.05, 4.69) is 24.7 Å². The zero-order valence-electron chi connectivity index (χ0n) is 11.6. The van der Waals surface area contributed by atoms with E-state index in [9.17, 15) is 8.78 Å². The second kappa shape index (κ2) is 5.73. The van der Waals surface area contributed by atoms with Crippen LogP contribution in [-0.4, -0.2) is 16.6 Å². The van der Waals surface area contributed by atoms with Crippen molar-refractivity contribution < 1.29 is 8.78 Å². The van der Waals surface area contributed by atoms with Crippen LogP contribution in [0.4, 0.5) is 8.78 Å². The van der Waals surface area contributed by atoms with Crippen molar-refractivity contribution in [2.45, 2.75) is 0 Å². The van der Waals surface area contributed by atoms with E-state index in [1.165, 1.54) is 22.7 Å². The third-order valence-corrected chi connectivity index (χ3v) is 6.59. The van der Waals surface area contributed by atoms with Gasteiger partial charge in [-0.25, -0.2) is 8.78 Å². The lowest BCUT2D eigenvalue weighted by Gasteiger charge is -2.08. The van der Waals surface area contributed by atoms with E-state index in [1.54, 1.807) is 18.2 Å². The lowest BCUT2D eigenvalue weighted by molar-refractivity contribution is 0.516. The lowest BCUT2D eigenvalue weighted by Crippen LogP contribution is -1.95. The highest BCUT2D eigenvalue weighted by atomic mass is 79.9. The van der Waals surface area contributed by atoms with Gasteiger partial charge in [-0.1, -0.05) is 6.07 Å². The van der Waals surface area contributed by atoms with E-state index >= 15 is 0 Å². The van der Waals surface area contributed by atoms with Crippen LogP contribution in [0.3, 0.4) is 0 Å². The summed E-state index contributed by atoms with van der Waals surface area (Å²) < 4.78 is 40.0. The normalized spacial score (nSPS) is 11.4. The molecular formula is C14H6BBrF2N2S3. The molecule has 114 valence electrons. The van der Waals surface area contributed by atoms with Crippen LogP contribution in [0.15, 0.2) is 28.1 Å². The van der Waals surface area contributed by atoms with E-state index in [4.69, 9.17) is 0 Å². The summed E-state index contributed by atoms with van der Waals surface area (Å²) in [7, 11) is 1.93. The quantitative estimate of drug-likeness (QED) is 0.442. The average Bonchev–Trinajstić information content (AvgIpc) is 3.23. The average molecular weight is 427 g/mol. The Labute approximate surface area is 151 Å². The number of thiophene rings is 2. The van der Waals surface area contributed by atoms with Gasteiger partial charge in [0.1, 0.15) is 11.0 Å². The second-order valence-corrected chi connectivity index (χ2v) is 9.13. The molecule has 0 unspecified atom stereocenters. The first kappa shape index (κ1) is 15.4. The number of hydrogen-bond donors (Lipinski definition) is 0. The molecule has 3 aromatic heterocycles. The predicted octanol–water partition coefficient (Wildman–Crippen LogP) is 4.45. The molecular weight excluding hydrogens is 421 g/mol. The van der Waals surface area contributed by atoms with Crippen LogP contribution in [-0.2, 0) is 0 Å². The van der Waals surface area contributed by atoms with Crippen molar-refractivity contribution in [3.8, 4) is 20.9 Å². The van der Waals surface area contributed by atoms with Gasteiger partial charge in [-0.15, -0.1) is 11.3 Å². The number of rotatable bonds is 2. The fourth-order valence-electron chi connectivity index (χ4n) is 2.41. The third kappa shape index (κ3) is 2.46. The van der Waals surface area contributed by atoms with E-state index in [1.807, 2.05) is 13.9 Å². The summed E-state index contributed by atoms with van der Waals surface area (Å²) in [6.07, 6.45) is 0. The first-order valence-corrected chi connectivity index (χ1v) is 9.67. The first-order chi connectivity index (χ1) is 11.1. The molecule has 0 radical (unpaired) electrons. The second-order valence-electron chi connectivity index (χ2n) is 4.85. The van der Waals surface area contributed by atoms with Gasteiger partial charge in [-0.3, -0.25) is 0 Å². The van der Waals surface area contributed by atoms with Crippen LogP contribution in [0.25, 0.3) is 31.9 Å². The zero-order chi connectivity index (χ0) is 16.1. The Morgan fingerprint density at radius 1 is 0.870 bits per heavy atom. The summed E-state index contributed by atoms with van der Waals surface area (Å²) >= 11 is 7.07. The summed E-state index contributed by atoms with van der Waals surface area (Å²) in [6, 6.07) is 7.23. The molecule has 2 nitrogen and oxygen atoms in total. The van der Waals surface area contributed by atoms with Crippen molar-refractivity contribution in [3.63, 3.8) is 0 Å². The molecule has 4 rings (SSSR count). The number of nitrogens with zero attached hydrogens (tertiary/aromatic N) is 2. The molecule has 0 saturated carbocycles.